The summed E-state index contributed by atoms with van der Waals surface area (Å²) >= 11 is 1.51. The Morgan fingerprint density at radius 3 is 2.40 bits per heavy atom. The van der Waals surface area contributed by atoms with E-state index < -0.39 is 0 Å². The minimum absolute atomic E-state index is 0. The maximum Gasteiger partial charge on any atom is 0.180 e. The van der Waals surface area contributed by atoms with Gasteiger partial charge < -0.3 is 5.73 Å². The highest BCUT2D eigenvalue weighted by molar-refractivity contribution is 7.15. The van der Waals surface area contributed by atoms with E-state index in [0.717, 1.165) is 23.5 Å². The topological polar surface area (TPSA) is 42.2 Å². The van der Waals surface area contributed by atoms with Crippen molar-refractivity contribution in [2.75, 3.05) is 5.73 Å². The van der Waals surface area contributed by atoms with Crippen molar-refractivity contribution in [3.8, 4) is 0 Å². The van der Waals surface area contributed by atoms with Crippen LogP contribution < -0.4 is 5.73 Å². The maximum atomic E-state index is 12.9. The van der Waals surface area contributed by atoms with Gasteiger partial charge in [-0.3, -0.25) is 4.90 Å². The zero-order chi connectivity index (χ0) is 13.8. The van der Waals surface area contributed by atoms with E-state index in [9.17, 15) is 4.39 Å². The van der Waals surface area contributed by atoms with E-state index in [1.807, 2.05) is 18.3 Å². The van der Waals surface area contributed by atoms with Crippen LogP contribution in [0, 0.1) is 5.82 Å². The molecule has 0 aliphatic heterocycles. The Morgan fingerprint density at radius 1 is 1.25 bits per heavy atom. The molecule has 0 radical (unpaired) electrons. The fraction of sp³-hybridized carbons (Fsp3) is 0.357. The molecule has 0 spiro atoms. The van der Waals surface area contributed by atoms with Gasteiger partial charge >= 0.3 is 0 Å². The van der Waals surface area contributed by atoms with Gasteiger partial charge in [0.25, 0.3) is 0 Å². The average Bonchev–Trinajstić information content (AvgIpc) is 2.76. The highest BCUT2D eigenvalue weighted by Gasteiger charge is 2.12. The number of thiazole rings is 1. The Hall–Kier alpha value is -1.17. The van der Waals surface area contributed by atoms with E-state index in [0.29, 0.717) is 11.2 Å². The van der Waals surface area contributed by atoms with Crippen molar-refractivity contribution in [2.24, 2.45) is 0 Å². The SMILES string of the molecule is CC(C)N(Cc1ccc(F)cc1)Cc1cnc(N)s1.Cl. The van der Waals surface area contributed by atoms with Crippen LogP contribution in [0.5, 0.6) is 0 Å². The van der Waals surface area contributed by atoms with Crippen LogP contribution in [0.15, 0.2) is 30.5 Å². The third-order valence-electron chi connectivity index (χ3n) is 2.96. The molecule has 2 rings (SSSR count). The molecule has 1 heterocycles. The number of anilines is 1. The van der Waals surface area contributed by atoms with Gasteiger partial charge in [-0.2, -0.15) is 0 Å². The summed E-state index contributed by atoms with van der Waals surface area (Å²) in [6, 6.07) is 7.04. The first-order chi connectivity index (χ1) is 9.04. The number of halogens is 2. The fourth-order valence-electron chi connectivity index (χ4n) is 1.84. The highest BCUT2D eigenvalue weighted by Crippen LogP contribution is 2.19. The number of nitrogens with two attached hydrogens (primary N) is 1. The first kappa shape index (κ1) is 16.9. The Balaban J connectivity index is 0.00000200. The Kier molecular flexibility index (Phi) is 6.39. The van der Waals surface area contributed by atoms with Crippen LogP contribution in [0.25, 0.3) is 0 Å². The van der Waals surface area contributed by atoms with Gasteiger partial charge in [0.15, 0.2) is 5.13 Å². The van der Waals surface area contributed by atoms with E-state index in [4.69, 9.17) is 5.73 Å². The normalized spacial score (nSPS) is 10.8. The molecule has 2 N–H and O–H groups in total. The van der Waals surface area contributed by atoms with Crippen molar-refractivity contribution in [1.82, 2.24) is 9.88 Å². The quantitative estimate of drug-likeness (QED) is 0.915. The number of rotatable bonds is 5. The second kappa shape index (κ2) is 7.57. The summed E-state index contributed by atoms with van der Waals surface area (Å²) in [5, 5.41) is 0.598. The second-order valence-corrected chi connectivity index (χ2v) is 5.94. The molecule has 1 aromatic heterocycles. The molecular weight excluding hydrogens is 297 g/mol. The molecule has 6 heteroatoms. The monoisotopic (exact) mass is 315 g/mol. The molecular formula is C14H19ClFN3S. The van der Waals surface area contributed by atoms with Crippen molar-refractivity contribution in [2.45, 2.75) is 33.0 Å². The van der Waals surface area contributed by atoms with Gasteiger partial charge in [-0.15, -0.1) is 23.7 Å². The van der Waals surface area contributed by atoms with Crippen LogP contribution >= 0.6 is 23.7 Å². The molecule has 0 fully saturated rings. The van der Waals surface area contributed by atoms with Gasteiger partial charge in [0.05, 0.1) is 0 Å². The number of hydrogen-bond donors (Lipinski definition) is 1. The Morgan fingerprint density at radius 2 is 1.90 bits per heavy atom. The van der Waals surface area contributed by atoms with Crippen LogP contribution in [0.4, 0.5) is 9.52 Å². The van der Waals surface area contributed by atoms with Crippen LogP contribution in [0.2, 0.25) is 0 Å². The molecule has 0 amide bonds. The zero-order valence-electron chi connectivity index (χ0n) is 11.5. The van der Waals surface area contributed by atoms with Gasteiger partial charge in [-0.05, 0) is 31.5 Å². The summed E-state index contributed by atoms with van der Waals surface area (Å²) in [4.78, 5) is 7.52. The lowest BCUT2D eigenvalue weighted by Gasteiger charge is -2.25. The van der Waals surface area contributed by atoms with E-state index in [2.05, 4.69) is 23.7 Å². The third kappa shape index (κ3) is 4.74. The molecule has 2 aromatic rings. The average molecular weight is 316 g/mol. The molecule has 0 bridgehead atoms. The van der Waals surface area contributed by atoms with Gasteiger partial charge in [-0.25, -0.2) is 9.37 Å². The smallest absolute Gasteiger partial charge is 0.180 e. The summed E-state index contributed by atoms with van der Waals surface area (Å²) in [6.07, 6.45) is 1.82. The predicted octanol–water partition coefficient (Wildman–Crippen LogP) is 3.70. The molecule has 110 valence electrons. The number of nitrogens with zero attached hydrogens (tertiary/aromatic N) is 2. The summed E-state index contributed by atoms with van der Waals surface area (Å²) in [5.41, 5.74) is 6.75. The summed E-state index contributed by atoms with van der Waals surface area (Å²) in [5.74, 6) is -0.199. The van der Waals surface area contributed by atoms with Gasteiger partial charge in [0.2, 0.25) is 0 Å². The lowest BCUT2D eigenvalue weighted by Crippen LogP contribution is -2.29. The molecule has 0 unspecified atom stereocenters. The van der Waals surface area contributed by atoms with Crippen molar-refractivity contribution in [3.63, 3.8) is 0 Å². The highest BCUT2D eigenvalue weighted by atomic mass is 35.5. The predicted molar refractivity (Wildman–Crippen MR) is 84.6 cm³/mol. The molecule has 0 saturated heterocycles. The van der Waals surface area contributed by atoms with Crippen molar-refractivity contribution < 1.29 is 4.39 Å². The summed E-state index contributed by atoms with van der Waals surface area (Å²) in [6.45, 7) is 5.89. The van der Waals surface area contributed by atoms with E-state index in [-0.39, 0.29) is 18.2 Å². The van der Waals surface area contributed by atoms with E-state index in [1.165, 1.54) is 23.5 Å². The first-order valence-electron chi connectivity index (χ1n) is 6.23. The number of aromatic nitrogens is 1. The number of benzene rings is 1. The maximum absolute atomic E-state index is 12.9. The number of hydrogen-bond acceptors (Lipinski definition) is 4. The first-order valence-corrected chi connectivity index (χ1v) is 7.05. The van der Waals surface area contributed by atoms with Crippen LogP contribution in [-0.4, -0.2) is 15.9 Å². The zero-order valence-corrected chi connectivity index (χ0v) is 13.2. The molecule has 0 aliphatic rings. The van der Waals surface area contributed by atoms with Crippen LogP contribution in [0.1, 0.15) is 24.3 Å². The molecule has 1 aromatic carbocycles. The fourth-order valence-corrected chi connectivity index (χ4v) is 2.55. The molecule has 3 nitrogen and oxygen atoms in total. The van der Waals surface area contributed by atoms with Crippen molar-refractivity contribution >= 4 is 28.9 Å². The second-order valence-electron chi connectivity index (χ2n) is 4.79. The van der Waals surface area contributed by atoms with E-state index in [1.54, 1.807) is 0 Å². The van der Waals surface area contributed by atoms with Crippen LogP contribution in [-0.2, 0) is 13.1 Å². The summed E-state index contributed by atoms with van der Waals surface area (Å²) < 4.78 is 12.9. The third-order valence-corrected chi connectivity index (χ3v) is 3.77. The van der Waals surface area contributed by atoms with Crippen LogP contribution in [0.3, 0.4) is 0 Å². The number of nitrogen functional groups attached to an aromatic ring is 1. The Bertz CT molecular complexity index is 527. The summed E-state index contributed by atoms with van der Waals surface area (Å²) in [7, 11) is 0. The molecule has 0 aliphatic carbocycles. The van der Waals surface area contributed by atoms with Gasteiger partial charge in [0, 0.05) is 30.2 Å². The van der Waals surface area contributed by atoms with E-state index >= 15 is 0 Å². The van der Waals surface area contributed by atoms with Gasteiger partial charge in [-0.1, -0.05) is 12.1 Å². The van der Waals surface area contributed by atoms with Crippen molar-refractivity contribution in [3.05, 3.63) is 46.7 Å². The lowest BCUT2D eigenvalue weighted by atomic mass is 10.2. The molecule has 0 atom stereocenters. The molecule has 0 saturated carbocycles. The minimum atomic E-state index is -0.199. The van der Waals surface area contributed by atoms with Gasteiger partial charge in [0.1, 0.15) is 5.82 Å². The minimum Gasteiger partial charge on any atom is -0.375 e. The standard InChI is InChI=1S/C14H18FN3S.ClH/c1-10(2)18(9-13-7-17-14(16)19-13)8-11-3-5-12(15)6-4-11;/h3-7,10H,8-9H2,1-2H3,(H2,16,17);1H. The van der Waals surface area contributed by atoms with Crippen molar-refractivity contribution in [1.29, 1.82) is 0 Å². The Labute approximate surface area is 129 Å². The largest absolute Gasteiger partial charge is 0.375 e. The molecule has 20 heavy (non-hydrogen) atoms. The lowest BCUT2D eigenvalue weighted by molar-refractivity contribution is 0.205.